The van der Waals surface area contributed by atoms with E-state index in [0.717, 1.165) is 8.47 Å². The van der Waals surface area contributed by atoms with E-state index in [-0.39, 0.29) is 12.3 Å². The fraction of sp³-hybridized carbons (Fsp3) is 0.273. The lowest BCUT2D eigenvalue weighted by Crippen LogP contribution is -2.30. The number of hydrogen-bond donors (Lipinski definition) is 0. The molecule has 2 amide bonds. The Morgan fingerprint density at radius 3 is 2.44 bits per heavy atom. The molecule has 1 aliphatic heterocycles. The average Bonchev–Trinajstić information content (AvgIpc) is 2.56. The van der Waals surface area contributed by atoms with Crippen LogP contribution < -0.4 is 4.90 Å². The Kier molecular flexibility index (Phi) is 3.22. The number of alkyl halides is 1. The highest BCUT2D eigenvalue weighted by atomic mass is 127. The van der Waals surface area contributed by atoms with Crippen molar-refractivity contribution in [2.45, 2.75) is 6.42 Å². The number of carbonyl (C=O) groups is 2. The number of amides is 2. The molecule has 1 aromatic rings. The maximum Gasteiger partial charge on any atom is 0.240 e. The van der Waals surface area contributed by atoms with Gasteiger partial charge < -0.3 is 0 Å². The van der Waals surface area contributed by atoms with E-state index in [1.807, 2.05) is 0 Å². The van der Waals surface area contributed by atoms with Gasteiger partial charge in [0.1, 0.15) is 6.67 Å². The molecule has 1 fully saturated rings. The minimum atomic E-state index is -0.799. The summed E-state index contributed by atoms with van der Waals surface area (Å²) in [6.07, 6.45) is -0.0265. The summed E-state index contributed by atoms with van der Waals surface area (Å²) in [7, 11) is 0. The van der Waals surface area contributed by atoms with Crippen LogP contribution in [0.15, 0.2) is 24.3 Å². The van der Waals surface area contributed by atoms with Crippen molar-refractivity contribution in [3.8, 4) is 0 Å². The van der Waals surface area contributed by atoms with Crippen LogP contribution in [-0.2, 0) is 9.59 Å². The third kappa shape index (κ3) is 1.95. The predicted molar refractivity (Wildman–Crippen MR) is 65.7 cm³/mol. The maximum absolute atomic E-state index is 12.5. The molecule has 0 saturated carbocycles. The van der Waals surface area contributed by atoms with Gasteiger partial charge in [-0.25, -0.2) is 0 Å². The molecule has 0 aliphatic carbocycles. The summed E-state index contributed by atoms with van der Waals surface area (Å²) in [5, 5.41) is 0. The van der Waals surface area contributed by atoms with Crippen LogP contribution in [-0.4, -0.2) is 18.5 Å². The first-order valence-electron chi connectivity index (χ1n) is 4.82. The van der Waals surface area contributed by atoms with Crippen molar-refractivity contribution in [3.63, 3.8) is 0 Å². The second-order valence-corrected chi connectivity index (χ2v) is 4.84. The van der Waals surface area contributed by atoms with Gasteiger partial charge in [-0.05, 0) is 46.9 Å². The summed E-state index contributed by atoms with van der Waals surface area (Å²) in [5.41, 5.74) is 0.520. The monoisotopic (exact) mass is 333 g/mol. The second-order valence-electron chi connectivity index (χ2n) is 3.60. The highest BCUT2D eigenvalue weighted by Gasteiger charge is 2.39. The lowest BCUT2D eigenvalue weighted by atomic mass is 10.1. The number of hydrogen-bond acceptors (Lipinski definition) is 2. The van der Waals surface area contributed by atoms with E-state index in [1.54, 1.807) is 24.3 Å². The summed E-state index contributed by atoms with van der Waals surface area (Å²) in [4.78, 5) is 24.3. The van der Waals surface area contributed by atoms with Gasteiger partial charge >= 0.3 is 0 Å². The van der Waals surface area contributed by atoms with Gasteiger partial charge in [-0.15, -0.1) is 0 Å². The minimum Gasteiger partial charge on any atom is -0.274 e. The Labute approximate surface area is 106 Å². The average molecular weight is 333 g/mol. The van der Waals surface area contributed by atoms with Gasteiger partial charge in [0.05, 0.1) is 11.6 Å². The number of anilines is 1. The van der Waals surface area contributed by atoms with Crippen molar-refractivity contribution in [1.29, 1.82) is 0 Å². The smallest absolute Gasteiger partial charge is 0.240 e. The van der Waals surface area contributed by atoms with Gasteiger partial charge in [-0.3, -0.25) is 18.9 Å². The normalized spacial score (nSPS) is 20.6. The molecular formula is C11H9FINO2. The molecule has 0 spiro atoms. The zero-order valence-electron chi connectivity index (χ0n) is 8.32. The molecule has 1 unspecified atom stereocenters. The zero-order valence-corrected chi connectivity index (χ0v) is 10.5. The molecule has 0 radical (unpaired) electrons. The Bertz CT molecular complexity index is 432. The molecule has 5 heteroatoms. The molecule has 3 nitrogen and oxygen atoms in total. The molecule has 1 saturated heterocycles. The first-order valence-corrected chi connectivity index (χ1v) is 5.89. The highest BCUT2D eigenvalue weighted by Crippen LogP contribution is 2.27. The minimum absolute atomic E-state index is 0.0265. The van der Waals surface area contributed by atoms with Crippen LogP contribution in [0.5, 0.6) is 0 Å². The Hall–Kier alpha value is -0.980. The lowest BCUT2D eigenvalue weighted by Gasteiger charge is -2.14. The van der Waals surface area contributed by atoms with Crippen LogP contribution >= 0.6 is 22.6 Å². The Balaban J connectivity index is 2.31. The van der Waals surface area contributed by atoms with Crippen molar-refractivity contribution < 1.29 is 14.0 Å². The van der Waals surface area contributed by atoms with E-state index < -0.39 is 18.5 Å². The number of carbonyl (C=O) groups excluding carboxylic acids is 2. The standard InChI is InChI=1S/C11H9FINO2/c12-6-7-5-10(15)14(11(7)16)9-3-1-8(13)2-4-9/h1-4,7H,5-6H2. The first kappa shape index (κ1) is 11.5. The van der Waals surface area contributed by atoms with Crippen molar-refractivity contribution in [1.82, 2.24) is 0 Å². The molecule has 1 heterocycles. The SMILES string of the molecule is O=C1CC(CF)C(=O)N1c1ccc(I)cc1. The van der Waals surface area contributed by atoms with E-state index in [2.05, 4.69) is 22.6 Å². The molecule has 2 rings (SSSR count). The molecule has 1 aromatic carbocycles. The number of rotatable bonds is 2. The Morgan fingerprint density at radius 2 is 1.94 bits per heavy atom. The maximum atomic E-state index is 12.5. The van der Waals surface area contributed by atoms with Crippen LogP contribution in [0.4, 0.5) is 10.1 Å². The van der Waals surface area contributed by atoms with Gasteiger partial charge in [-0.1, -0.05) is 0 Å². The number of halogens is 2. The van der Waals surface area contributed by atoms with Gasteiger partial charge in [0.2, 0.25) is 11.8 Å². The molecule has 1 atom stereocenters. The van der Waals surface area contributed by atoms with Crippen LogP contribution in [0.25, 0.3) is 0 Å². The topological polar surface area (TPSA) is 37.4 Å². The second kappa shape index (κ2) is 4.48. The lowest BCUT2D eigenvalue weighted by molar-refractivity contribution is -0.122. The van der Waals surface area contributed by atoms with Gasteiger partial charge in [0.15, 0.2) is 0 Å². The molecule has 84 valence electrons. The molecule has 0 N–H and O–H groups in total. The van der Waals surface area contributed by atoms with Crippen molar-refractivity contribution in [3.05, 3.63) is 27.8 Å². The fourth-order valence-electron chi connectivity index (χ4n) is 1.68. The number of imide groups is 1. The summed E-state index contributed by atoms with van der Waals surface area (Å²) in [6, 6.07) is 6.99. The first-order chi connectivity index (χ1) is 7.63. The Morgan fingerprint density at radius 1 is 1.31 bits per heavy atom. The third-order valence-corrected chi connectivity index (χ3v) is 3.23. The van der Waals surface area contributed by atoms with Gasteiger partial charge in [0.25, 0.3) is 0 Å². The molecule has 1 aliphatic rings. The molecular weight excluding hydrogens is 324 g/mol. The predicted octanol–water partition coefficient (Wildman–Crippen LogP) is 2.14. The molecule has 0 bridgehead atoms. The van der Waals surface area contributed by atoms with E-state index in [4.69, 9.17) is 0 Å². The van der Waals surface area contributed by atoms with Crippen LogP contribution in [0.1, 0.15) is 6.42 Å². The molecule has 0 aromatic heterocycles. The van der Waals surface area contributed by atoms with Crippen molar-refractivity contribution in [2.24, 2.45) is 5.92 Å². The van der Waals surface area contributed by atoms with Crippen molar-refractivity contribution >= 4 is 40.1 Å². The zero-order chi connectivity index (χ0) is 11.7. The largest absolute Gasteiger partial charge is 0.274 e. The van der Waals surface area contributed by atoms with E-state index in [1.165, 1.54) is 0 Å². The van der Waals surface area contributed by atoms with E-state index >= 15 is 0 Å². The highest BCUT2D eigenvalue weighted by molar-refractivity contribution is 14.1. The van der Waals surface area contributed by atoms with E-state index in [0.29, 0.717) is 5.69 Å². The quantitative estimate of drug-likeness (QED) is 0.614. The summed E-state index contributed by atoms with van der Waals surface area (Å²) in [5.74, 6) is -1.56. The van der Waals surface area contributed by atoms with E-state index in [9.17, 15) is 14.0 Å². The summed E-state index contributed by atoms with van der Waals surface area (Å²) in [6.45, 7) is -0.772. The fourth-order valence-corrected chi connectivity index (χ4v) is 2.04. The number of benzene rings is 1. The summed E-state index contributed by atoms with van der Waals surface area (Å²) < 4.78 is 13.5. The number of nitrogens with zero attached hydrogens (tertiary/aromatic N) is 1. The van der Waals surface area contributed by atoms with Crippen LogP contribution in [0.2, 0.25) is 0 Å². The van der Waals surface area contributed by atoms with Gasteiger partial charge in [0, 0.05) is 9.99 Å². The van der Waals surface area contributed by atoms with Crippen LogP contribution in [0.3, 0.4) is 0 Å². The van der Waals surface area contributed by atoms with Crippen molar-refractivity contribution in [2.75, 3.05) is 11.6 Å². The van der Waals surface area contributed by atoms with Gasteiger partial charge in [-0.2, -0.15) is 0 Å². The third-order valence-electron chi connectivity index (χ3n) is 2.51. The molecule has 16 heavy (non-hydrogen) atoms. The van der Waals surface area contributed by atoms with Crippen LogP contribution in [0, 0.1) is 9.49 Å². The summed E-state index contributed by atoms with van der Waals surface area (Å²) >= 11 is 2.13.